The van der Waals surface area contributed by atoms with E-state index in [2.05, 4.69) is 60.2 Å². The van der Waals surface area contributed by atoms with E-state index in [0.29, 0.717) is 0 Å². The first-order valence-corrected chi connectivity index (χ1v) is 8.09. The van der Waals surface area contributed by atoms with Gasteiger partial charge >= 0.3 is 0 Å². The lowest BCUT2D eigenvalue weighted by Crippen LogP contribution is -2.27. The van der Waals surface area contributed by atoms with Gasteiger partial charge in [-0.25, -0.2) is 0 Å². The Kier molecular flexibility index (Phi) is 6.44. The van der Waals surface area contributed by atoms with Gasteiger partial charge < -0.3 is 0 Å². The summed E-state index contributed by atoms with van der Waals surface area (Å²) in [6.45, 7) is 4.39. The fourth-order valence-corrected chi connectivity index (χ4v) is 2.47. The maximum absolute atomic E-state index is 4.51. The van der Waals surface area contributed by atoms with E-state index in [0.717, 1.165) is 11.3 Å². The summed E-state index contributed by atoms with van der Waals surface area (Å²) in [6, 6.07) is 22.3. The minimum Gasteiger partial charge on any atom is -0.292 e. The zero-order chi connectivity index (χ0) is 17.3. The normalized spacial score (nSPS) is 12.0. The highest BCUT2D eigenvalue weighted by Gasteiger charge is 2.24. The summed E-state index contributed by atoms with van der Waals surface area (Å²) in [5.74, 6) is 0. The lowest BCUT2D eigenvalue weighted by molar-refractivity contribution is 0.719. The lowest BCUT2D eigenvalue weighted by Gasteiger charge is -2.25. The quantitative estimate of drug-likeness (QED) is 0.706. The number of nitrogens with zero attached hydrogens (tertiary/aromatic N) is 2. The van der Waals surface area contributed by atoms with Crippen LogP contribution in [0.2, 0.25) is 0 Å². The zero-order valence-electron chi connectivity index (χ0n) is 14.6. The third-order valence-corrected chi connectivity index (χ3v) is 3.94. The van der Waals surface area contributed by atoms with E-state index in [1.165, 1.54) is 5.56 Å². The second-order valence-electron chi connectivity index (χ2n) is 5.99. The Bertz CT molecular complexity index is 733. The third-order valence-electron chi connectivity index (χ3n) is 3.94. The van der Waals surface area contributed by atoms with Gasteiger partial charge in [-0.15, -0.1) is 0 Å². The number of allylic oxidation sites excluding steroid dienone is 1. The molecule has 122 valence electrons. The summed E-state index contributed by atoms with van der Waals surface area (Å²) in [5.41, 5.74) is 3.14. The molecule has 0 unspecified atom stereocenters. The lowest BCUT2D eigenvalue weighted by atomic mass is 9.79. The summed E-state index contributed by atoms with van der Waals surface area (Å²) in [7, 11) is 1.84. The Morgan fingerprint density at radius 1 is 0.917 bits per heavy atom. The van der Waals surface area contributed by atoms with Crippen molar-refractivity contribution in [3.05, 3.63) is 96.3 Å². The molecule has 0 saturated carbocycles. The highest BCUT2D eigenvalue weighted by Crippen LogP contribution is 2.25. The van der Waals surface area contributed by atoms with Crippen molar-refractivity contribution in [3.63, 3.8) is 0 Å². The number of aliphatic imine (C=N–C) groups is 1. The first-order chi connectivity index (χ1) is 11.6. The molecule has 0 N–H and O–H groups in total. The van der Waals surface area contributed by atoms with Crippen LogP contribution >= 0.6 is 0 Å². The van der Waals surface area contributed by atoms with Crippen molar-refractivity contribution < 1.29 is 0 Å². The molecule has 0 aliphatic carbocycles. The van der Waals surface area contributed by atoms with Gasteiger partial charge in [-0.05, 0) is 23.3 Å². The number of benzene rings is 1. The topological polar surface area (TPSA) is 25.2 Å². The molecule has 1 aromatic heterocycles. The predicted octanol–water partition coefficient (Wildman–Crippen LogP) is 5.27. The van der Waals surface area contributed by atoms with Gasteiger partial charge in [0.25, 0.3) is 0 Å². The van der Waals surface area contributed by atoms with Crippen LogP contribution in [0.1, 0.15) is 25.0 Å². The van der Waals surface area contributed by atoms with Gasteiger partial charge in [-0.2, -0.15) is 0 Å². The molecule has 0 aliphatic rings. The monoisotopic (exact) mass is 316 g/mol. The molecule has 0 amide bonds. The molecule has 2 heteroatoms. The average molecular weight is 316 g/mol. The van der Waals surface area contributed by atoms with Gasteiger partial charge in [0.05, 0.1) is 0 Å². The number of aromatic nitrogens is 1. The Balaban J connectivity index is 2.33. The molecule has 0 radical (unpaired) electrons. The minimum absolute atomic E-state index is 0.154. The van der Waals surface area contributed by atoms with Crippen LogP contribution in [-0.2, 0) is 5.41 Å². The molecule has 24 heavy (non-hydrogen) atoms. The summed E-state index contributed by atoms with van der Waals surface area (Å²) in [4.78, 5) is 8.80. The van der Waals surface area contributed by atoms with Crippen molar-refractivity contribution in [2.75, 3.05) is 7.05 Å². The maximum Gasteiger partial charge on any atom is 0.0445 e. The first-order valence-electron chi connectivity index (χ1n) is 8.09. The van der Waals surface area contributed by atoms with Crippen LogP contribution in [0.15, 0.2) is 90.2 Å². The van der Waals surface area contributed by atoms with E-state index in [1.807, 2.05) is 55.7 Å². The molecule has 1 aromatic carbocycles. The Morgan fingerprint density at radius 2 is 1.54 bits per heavy atom. The van der Waals surface area contributed by atoms with Gasteiger partial charge in [0.15, 0.2) is 0 Å². The standard InChI is InChI=1S/C22H24N2/c1-22(2,20-13-9-7-10-14-20)21(23-3)16-15-19-12-8-5-4-6-11-17-24-18-19/h4-18H,1-3H3/b5-4?,6-4?,8-5?,11-6?,12-8?,16-15+,17-11?,19-12?,19-18?,23-21?,24-17?,24-18?. The fraction of sp³-hybridized carbons (Fsp3) is 0.182. The smallest absolute Gasteiger partial charge is 0.0445 e. The van der Waals surface area contributed by atoms with Crippen LogP contribution < -0.4 is 0 Å². The van der Waals surface area contributed by atoms with Crippen molar-refractivity contribution in [3.8, 4) is 0 Å². The highest BCUT2D eigenvalue weighted by molar-refractivity contribution is 6.05. The van der Waals surface area contributed by atoms with Gasteiger partial charge in [-0.1, -0.05) is 80.6 Å². The number of rotatable bonds is 4. The summed E-state index contributed by atoms with van der Waals surface area (Å²) >= 11 is 0. The van der Waals surface area contributed by atoms with Crippen LogP contribution in [0.4, 0.5) is 0 Å². The second kappa shape index (κ2) is 8.78. The molecule has 2 rings (SSSR count). The second-order valence-corrected chi connectivity index (χ2v) is 5.99. The Labute approximate surface area is 145 Å². The molecule has 1 heterocycles. The van der Waals surface area contributed by atoms with E-state index in [1.54, 1.807) is 6.20 Å². The molecule has 0 bridgehead atoms. The van der Waals surface area contributed by atoms with Gasteiger partial charge in [0.1, 0.15) is 0 Å². The van der Waals surface area contributed by atoms with E-state index in [-0.39, 0.29) is 5.41 Å². The van der Waals surface area contributed by atoms with E-state index >= 15 is 0 Å². The Morgan fingerprint density at radius 3 is 2.29 bits per heavy atom. The van der Waals surface area contributed by atoms with Gasteiger partial charge in [-0.3, -0.25) is 9.98 Å². The number of hydrogen-bond donors (Lipinski definition) is 0. The molecule has 0 fully saturated rings. The molecular formula is C22H24N2. The van der Waals surface area contributed by atoms with Gasteiger partial charge in [0, 0.05) is 30.6 Å². The van der Waals surface area contributed by atoms with Crippen LogP contribution in [0.3, 0.4) is 0 Å². The van der Waals surface area contributed by atoms with Crippen LogP contribution in [0, 0.1) is 0 Å². The van der Waals surface area contributed by atoms with Crippen molar-refractivity contribution in [2.45, 2.75) is 19.3 Å². The highest BCUT2D eigenvalue weighted by atomic mass is 14.7. The fourth-order valence-electron chi connectivity index (χ4n) is 2.47. The average Bonchev–Trinajstić information content (AvgIpc) is 2.61. The van der Waals surface area contributed by atoms with E-state index in [9.17, 15) is 0 Å². The molecule has 2 aromatic rings. The maximum atomic E-state index is 4.51. The van der Waals surface area contributed by atoms with Gasteiger partial charge in [0.2, 0.25) is 0 Å². The van der Waals surface area contributed by atoms with Crippen molar-refractivity contribution in [1.29, 1.82) is 0 Å². The van der Waals surface area contributed by atoms with Crippen LogP contribution in [0.5, 0.6) is 0 Å². The summed E-state index contributed by atoms with van der Waals surface area (Å²) < 4.78 is 0. The molecule has 2 nitrogen and oxygen atoms in total. The molecule has 0 aliphatic heterocycles. The predicted molar refractivity (Wildman–Crippen MR) is 104 cm³/mol. The van der Waals surface area contributed by atoms with Crippen molar-refractivity contribution in [1.82, 2.24) is 4.98 Å². The SMILES string of the molecule is CN=C(/C=C/c1cccccccnc1)C(C)(C)c1ccccc1. The Hall–Kier alpha value is -2.74. The largest absolute Gasteiger partial charge is 0.292 e. The van der Waals surface area contributed by atoms with Crippen molar-refractivity contribution in [2.24, 2.45) is 4.99 Å². The van der Waals surface area contributed by atoms with Crippen LogP contribution in [0.25, 0.3) is 6.08 Å². The summed E-state index contributed by atoms with van der Waals surface area (Å²) in [5, 5.41) is 0. The minimum atomic E-state index is -0.154. The summed E-state index contributed by atoms with van der Waals surface area (Å²) in [6.07, 6.45) is 7.75. The molecule has 0 saturated heterocycles. The van der Waals surface area contributed by atoms with Crippen LogP contribution in [-0.4, -0.2) is 17.7 Å². The zero-order valence-corrected chi connectivity index (χ0v) is 14.6. The first kappa shape index (κ1) is 17.6. The van der Waals surface area contributed by atoms with Crippen molar-refractivity contribution >= 4 is 11.8 Å². The third kappa shape index (κ3) is 4.88. The van der Waals surface area contributed by atoms with E-state index < -0.39 is 0 Å². The van der Waals surface area contributed by atoms with E-state index in [4.69, 9.17) is 0 Å². The molecule has 0 atom stereocenters. The number of hydrogen-bond acceptors (Lipinski definition) is 2. The molecular weight excluding hydrogens is 292 g/mol. The molecule has 0 spiro atoms.